The van der Waals surface area contributed by atoms with Crippen molar-refractivity contribution < 1.29 is 4.74 Å². The monoisotopic (exact) mass is 246 g/mol. The van der Waals surface area contributed by atoms with Gasteiger partial charge in [0.05, 0.1) is 17.1 Å². The van der Waals surface area contributed by atoms with E-state index in [-0.39, 0.29) is 0 Å². The van der Waals surface area contributed by atoms with Crippen molar-refractivity contribution in [3.05, 3.63) is 36.5 Å². The third-order valence-corrected chi connectivity index (χ3v) is 2.63. The Labute approximate surface area is 106 Å². The molecular formula is C13H14N2OS. The highest BCUT2D eigenvalue weighted by molar-refractivity contribution is 7.80. The molecular weight excluding hydrogens is 232 g/mol. The standard InChI is InChI=1S/C13H14N2OS/c14-13(17)7-3-9-16-12-6-1-5-11-10(12)4-2-8-15-11/h1-2,4-6,8H,3,7,9H2,(H2,14,17). The van der Waals surface area contributed by atoms with Crippen molar-refractivity contribution in [3.8, 4) is 5.75 Å². The number of fused-ring (bicyclic) bond motifs is 1. The van der Waals surface area contributed by atoms with Crippen LogP contribution in [-0.4, -0.2) is 16.6 Å². The Morgan fingerprint density at radius 2 is 2.18 bits per heavy atom. The van der Waals surface area contributed by atoms with E-state index in [4.69, 9.17) is 22.7 Å². The first-order chi connectivity index (χ1) is 8.27. The van der Waals surface area contributed by atoms with Crippen molar-refractivity contribution in [2.45, 2.75) is 12.8 Å². The fourth-order valence-corrected chi connectivity index (χ4v) is 1.77. The summed E-state index contributed by atoms with van der Waals surface area (Å²) in [6, 6.07) is 9.77. The van der Waals surface area contributed by atoms with Gasteiger partial charge in [0.15, 0.2) is 0 Å². The quantitative estimate of drug-likeness (QED) is 0.651. The number of ether oxygens (including phenoxy) is 1. The zero-order valence-corrected chi connectivity index (χ0v) is 10.2. The summed E-state index contributed by atoms with van der Waals surface area (Å²) in [6.07, 6.45) is 3.34. The molecule has 17 heavy (non-hydrogen) atoms. The number of hydrogen-bond donors (Lipinski definition) is 1. The summed E-state index contributed by atoms with van der Waals surface area (Å²) < 4.78 is 5.71. The molecule has 0 fully saturated rings. The zero-order valence-electron chi connectivity index (χ0n) is 9.43. The van der Waals surface area contributed by atoms with E-state index in [0.29, 0.717) is 11.6 Å². The Kier molecular flexibility index (Phi) is 3.88. The second-order valence-corrected chi connectivity index (χ2v) is 4.27. The number of benzene rings is 1. The van der Waals surface area contributed by atoms with Crippen LogP contribution in [0, 0.1) is 0 Å². The summed E-state index contributed by atoms with van der Waals surface area (Å²) in [4.78, 5) is 4.81. The molecule has 0 spiro atoms. The lowest BCUT2D eigenvalue weighted by atomic mass is 10.2. The predicted octanol–water partition coefficient (Wildman–Crippen LogP) is 2.68. The molecule has 0 aliphatic rings. The van der Waals surface area contributed by atoms with Crippen LogP contribution < -0.4 is 10.5 Å². The van der Waals surface area contributed by atoms with Crippen LogP contribution in [0.15, 0.2) is 36.5 Å². The fourth-order valence-electron chi connectivity index (χ4n) is 1.63. The number of hydrogen-bond acceptors (Lipinski definition) is 3. The van der Waals surface area contributed by atoms with Gasteiger partial charge in [-0.2, -0.15) is 0 Å². The van der Waals surface area contributed by atoms with E-state index in [1.54, 1.807) is 6.20 Å². The summed E-state index contributed by atoms with van der Waals surface area (Å²) in [6.45, 7) is 0.616. The van der Waals surface area contributed by atoms with E-state index in [0.717, 1.165) is 29.5 Å². The van der Waals surface area contributed by atoms with E-state index in [9.17, 15) is 0 Å². The summed E-state index contributed by atoms with van der Waals surface area (Å²) in [5.41, 5.74) is 6.37. The van der Waals surface area contributed by atoms with Crippen LogP contribution in [0.4, 0.5) is 0 Å². The average Bonchev–Trinajstić information content (AvgIpc) is 2.34. The van der Waals surface area contributed by atoms with Crippen molar-refractivity contribution in [1.82, 2.24) is 4.98 Å². The topological polar surface area (TPSA) is 48.1 Å². The van der Waals surface area contributed by atoms with Crippen LogP contribution >= 0.6 is 12.2 Å². The van der Waals surface area contributed by atoms with Gasteiger partial charge in [-0.15, -0.1) is 0 Å². The first-order valence-electron chi connectivity index (χ1n) is 5.52. The van der Waals surface area contributed by atoms with Gasteiger partial charge in [-0.1, -0.05) is 18.3 Å². The van der Waals surface area contributed by atoms with Crippen molar-refractivity contribution in [2.24, 2.45) is 5.73 Å². The molecule has 0 aliphatic carbocycles. The molecule has 2 aromatic rings. The average molecular weight is 246 g/mol. The second kappa shape index (κ2) is 5.59. The molecule has 0 saturated heterocycles. The van der Waals surface area contributed by atoms with Crippen LogP contribution in [0.1, 0.15) is 12.8 Å². The Bertz CT molecular complexity index is 522. The van der Waals surface area contributed by atoms with Crippen LogP contribution in [0.5, 0.6) is 5.75 Å². The van der Waals surface area contributed by atoms with E-state index in [1.807, 2.05) is 30.3 Å². The highest BCUT2D eigenvalue weighted by Gasteiger charge is 2.01. The summed E-state index contributed by atoms with van der Waals surface area (Å²) in [7, 11) is 0. The van der Waals surface area contributed by atoms with Gasteiger partial charge in [0.2, 0.25) is 0 Å². The molecule has 4 heteroatoms. The maximum Gasteiger partial charge on any atom is 0.128 e. The normalized spacial score (nSPS) is 10.4. The zero-order chi connectivity index (χ0) is 12.1. The first kappa shape index (κ1) is 11.8. The van der Waals surface area contributed by atoms with Gasteiger partial charge in [0, 0.05) is 18.0 Å². The molecule has 1 aromatic carbocycles. The summed E-state index contributed by atoms with van der Waals surface area (Å²) in [5, 5.41) is 1.03. The molecule has 2 rings (SSSR count). The molecule has 0 unspecified atom stereocenters. The van der Waals surface area contributed by atoms with Gasteiger partial charge in [-0.25, -0.2) is 0 Å². The SMILES string of the molecule is NC(=S)CCCOc1cccc2ncccc12. The minimum atomic E-state index is 0.535. The summed E-state index contributed by atoms with van der Waals surface area (Å²) in [5.74, 6) is 0.860. The Hall–Kier alpha value is -1.68. The molecule has 0 bridgehead atoms. The molecule has 2 N–H and O–H groups in total. The van der Waals surface area contributed by atoms with Crippen LogP contribution in [0.2, 0.25) is 0 Å². The molecule has 1 heterocycles. The van der Waals surface area contributed by atoms with E-state index >= 15 is 0 Å². The highest BCUT2D eigenvalue weighted by Crippen LogP contribution is 2.23. The number of rotatable bonds is 5. The summed E-state index contributed by atoms with van der Waals surface area (Å²) >= 11 is 4.81. The number of aromatic nitrogens is 1. The lowest BCUT2D eigenvalue weighted by molar-refractivity contribution is 0.317. The number of nitrogens with two attached hydrogens (primary N) is 1. The molecule has 0 radical (unpaired) electrons. The smallest absolute Gasteiger partial charge is 0.128 e. The molecule has 1 aromatic heterocycles. The number of thiocarbonyl (C=S) groups is 1. The van der Waals surface area contributed by atoms with Gasteiger partial charge in [-0.05, 0) is 30.7 Å². The van der Waals surface area contributed by atoms with Crippen molar-refractivity contribution in [3.63, 3.8) is 0 Å². The maximum atomic E-state index is 5.71. The van der Waals surface area contributed by atoms with Gasteiger partial charge in [0.1, 0.15) is 5.75 Å². The van der Waals surface area contributed by atoms with Crippen molar-refractivity contribution in [2.75, 3.05) is 6.61 Å². The number of pyridine rings is 1. The van der Waals surface area contributed by atoms with Gasteiger partial charge in [-0.3, -0.25) is 4.98 Å². The van der Waals surface area contributed by atoms with Crippen molar-refractivity contribution >= 4 is 28.1 Å². The Morgan fingerprint density at radius 1 is 1.29 bits per heavy atom. The molecule has 88 valence electrons. The Morgan fingerprint density at radius 3 is 3.00 bits per heavy atom. The predicted molar refractivity (Wildman–Crippen MR) is 73.3 cm³/mol. The minimum absolute atomic E-state index is 0.535. The van der Waals surface area contributed by atoms with E-state index < -0.39 is 0 Å². The fraction of sp³-hybridized carbons (Fsp3) is 0.231. The third-order valence-electron chi connectivity index (χ3n) is 2.43. The molecule has 0 aliphatic heterocycles. The van der Waals surface area contributed by atoms with Crippen molar-refractivity contribution in [1.29, 1.82) is 0 Å². The highest BCUT2D eigenvalue weighted by atomic mass is 32.1. The largest absolute Gasteiger partial charge is 0.493 e. The van der Waals surface area contributed by atoms with Gasteiger partial charge < -0.3 is 10.5 Å². The van der Waals surface area contributed by atoms with Gasteiger partial charge >= 0.3 is 0 Å². The lowest BCUT2D eigenvalue weighted by Gasteiger charge is -2.08. The lowest BCUT2D eigenvalue weighted by Crippen LogP contribution is -2.09. The first-order valence-corrected chi connectivity index (χ1v) is 5.93. The van der Waals surface area contributed by atoms with E-state index in [1.165, 1.54) is 0 Å². The Balaban J connectivity index is 2.05. The maximum absolute atomic E-state index is 5.71. The van der Waals surface area contributed by atoms with Crippen LogP contribution in [0.3, 0.4) is 0 Å². The molecule has 0 atom stereocenters. The minimum Gasteiger partial charge on any atom is -0.493 e. The third kappa shape index (κ3) is 3.14. The molecule has 0 amide bonds. The van der Waals surface area contributed by atoms with Gasteiger partial charge in [0.25, 0.3) is 0 Å². The van der Waals surface area contributed by atoms with Crippen LogP contribution in [-0.2, 0) is 0 Å². The molecule has 3 nitrogen and oxygen atoms in total. The van der Waals surface area contributed by atoms with E-state index in [2.05, 4.69) is 4.98 Å². The number of nitrogens with zero attached hydrogens (tertiary/aromatic N) is 1. The van der Waals surface area contributed by atoms with Crippen LogP contribution in [0.25, 0.3) is 10.9 Å². The molecule has 0 saturated carbocycles. The second-order valence-electron chi connectivity index (χ2n) is 3.74.